The Labute approximate surface area is 156 Å². The normalized spacial score (nSPS) is 11.3. The van der Waals surface area contributed by atoms with E-state index in [-0.39, 0.29) is 22.1 Å². The number of hydrogen-bond acceptors (Lipinski definition) is 6. The van der Waals surface area contributed by atoms with Crippen molar-refractivity contribution in [1.82, 2.24) is 4.98 Å². The van der Waals surface area contributed by atoms with E-state index in [1.54, 1.807) is 0 Å². The molecule has 27 heavy (non-hydrogen) atoms. The molecule has 1 aromatic heterocycles. The van der Waals surface area contributed by atoms with Crippen LogP contribution in [-0.2, 0) is 16.4 Å². The summed E-state index contributed by atoms with van der Waals surface area (Å²) in [5, 5.41) is 10.7. The Balaban J connectivity index is 1.74. The number of benzene rings is 2. The first-order valence-electron chi connectivity index (χ1n) is 7.40. The lowest BCUT2D eigenvalue weighted by molar-refractivity contribution is -0.384. The van der Waals surface area contributed by atoms with Gasteiger partial charge in [0.05, 0.1) is 9.82 Å². The highest BCUT2D eigenvalue weighted by molar-refractivity contribution is 7.93. The summed E-state index contributed by atoms with van der Waals surface area (Å²) in [5.41, 5.74) is 0.291. The quantitative estimate of drug-likeness (QED) is 0.492. The zero-order valence-electron chi connectivity index (χ0n) is 13.4. The molecule has 0 aliphatic heterocycles. The Bertz CT molecular complexity index is 1100. The molecule has 11 heteroatoms. The molecule has 2 aromatic carbocycles. The maximum atomic E-state index is 13.3. The lowest BCUT2D eigenvalue weighted by Gasteiger charge is -2.04. The number of nitrogens with one attached hydrogen (secondary N) is 1. The van der Waals surface area contributed by atoms with Crippen molar-refractivity contribution in [2.24, 2.45) is 0 Å². The fourth-order valence-electron chi connectivity index (χ4n) is 2.21. The number of aromatic nitrogens is 1. The predicted octanol–water partition coefficient (Wildman–Crippen LogP) is 3.72. The molecule has 0 aliphatic carbocycles. The molecule has 0 saturated carbocycles. The van der Waals surface area contributed by atoms with Gasteiger partial charge in [-0.3, -0.25) is 14.8 Å². The van der Waals surface area contributed by atoms with Crippen molar-refractivity contribution in [3.63, 3.8) is 0 Å². The summed E-state index contributed by atoms with van der Waals surface area (Å²) in [6.45, 7) is 0. The molecule has 0 amide bonds. The van der Waals surface area contributed by atoms with E-state index < -0.39 is 26.6 Å². The summed E-state index contributed by atoms with van der Waals surface area (Å²) >= 11 is 1.04. The lowest BCUT2D eigenvalue weighted by atomic mass is 10.1. The molecular formula is C16H11F2N3O4S2. The van der Waals surface area contributed by atoms with E-state index in [4.69, 9.17) is 0 Å². The van der Waals surface area contributed by atoms with Crippen LogP contribution in [0.1, 0.15) is 10.4 Å². The molecule has 0 fully saturated rings. The minimum atomic E-state index is -3.96. The second kappa shape index (κ2) is 7.37. The van der Waals surface area contributed by atoms with Gasteiger partial charge in [0.1, 0.15) is 0 Å². The van der Waals surface area contributed by atoms with Crippen LogP contribution in [0.2, 0.25) is 0 Å². The number of nitrogens with zero attached hydrogens (tertiary/aromatic N) is 2. The second-order valence-electron chi connectivity index (χ2n) is 5.41. The van der Waals surface area contributed by atoms with Crippen LogP contribution in [0.4, 0.5) is 19.6 Å². The maximum absolute atomic E-state index is 13.3. The van der Waals surface area contributed by atoms with Gasteiger partial charge in [0.2, 0.25) is 0 Å². The van der Waals surface area contributed by atoms with E-state index in [0.29, 0.717) is 10.4 Å². The first kappa shape index (κ1) is 18.9. The summed E-state index contributed by atoms with van der Waals surface area (Å²) in [4.78, 5) is 14.5. The molecule has 0 spiro atoms. The minimum Gasteiger partial charge on any atom is -0.258 e. The fourth-order valence-corrected chi connectivity index (χ4v) is 4.30. The van der Waals surface area contributed by atoms with Gasteiger partial charge in [-0.1, -0.05) is 6.07 Å². The van der Waals surface area contributed by atoms with E-state index >= 15 is 0 Å². The second-order valence-corrected chi connectivity index (χ2v) is 8.21. The van der Waals surface area contributed by atoms with Crippen LogP contribution in [0.15, 0.2) is 53.6 Å². The molecule has 0 saturated heterocycles. The molecule has 0 radical (unpaired) electrons. The van der Waals surface area contributed by atoms with Crippen LogP contribution in [0.25, 0.3) is 0 Å². The third-order valence-corrected chi connectivity index (χ3v) is 5.89. The van der Waals surface area contributed by atoms with Crippen molar-refractivity contribution in [1.29, 1.82) is 0 Å². The van der Waals surface area contributed by atoms with Crippen LogP contribution < -0.4 is 4.72 Å². The van der Waals surface area contributed by atoms with Gasteiger partial charge in [-0.05, 0) is 29.8 Å². The summed E-state index contributed by atoms with van der Waals surface area (Å²) in [6, 6.07) is 7.93. The summed E-state index contributed by atoms with van der Waals surface area (Å²) in [7, 11) is -3.96. The number of thiazole rings is 1. The zero-order valence-corrected chi connectivity index (χ0v) is 15.1. The number of rotatable bonds is 6. The smallest absolute Gasteiger partial charge is 0.258 e. The van der Waals surface area contributed by atoms with Gasteiger partial charge in [-0.25, -0.2) is 22.2 Å². The van der Waals surface area contributed by atoms with E-state index in [1.165, 1.54) is 12.3 Å². The van der Waals surface area contributed by atoms with Gasteiger partial charge in [0, 0.05) is 29.6 Å². The van der Waals surface area contributed by atoms with Gasteiger partial charge in [0.15, 0.2) is 16.8 Å². The van der Waals surface area contributed by atoms with Gasteiger partial charge in [-0.2, -0.15) is 0 Å². The lowest BCUT2D eigenvalue weighted by Crippen LogP contribution is -2.12. The van der Waals surface area contributed by atoms with Crippen molar-refractivity contribution in [2.45, 2.75) is 11.3 Å². The molecule has 0 unspecified atom stereocenters. The maximum Gasteiger partial charge on any atom is 0.269 e. The van der Waals surface area contributed by atoms with Gasteiger partial charge >= 0.3 is 0 Å². The Morgan fingerprint density at radius 1 is 1.11 bits per heavy atom. The summed E-state index contributed by atoms with van der Waals surface area (Å²) in [5.74, 6) is -1.91. The third-order valence-electron chi connectivity index (χ3n) is 3.50. The van der Waals surface area contributed by atoms with Crippen molar-refractivity contribution >= 4 is 32.2 Å². The van der Waals surface area contributed by atoms with Crippen LogP contribution >= 0.6 is 11.3 Å². The minimum absolute atomic E-state index is 0.0888. The van der Waals surface area contributed by atoms with Crippen molar-refractivity contribution in [3.05, 3.63) is 80.9 Å². The van der Waals surface area contributed by atoms with Crippen molar-refractivity contribution in [3.8, 4) is 0 Å². The molecular weight excluding hydrogens is 400 g/mol. The average molecular weight is 411 g/mol. The molecule has 140 valence electrons. The van der Waals surface area contributed by atoms with E-state index in [9.17, 15) is 27.3 Å². The molecule has 3 rings (SSSR count). The topological polar surface area (TPSA) is 102 Å². The predicted molar refractivity (Wildman–Crippen MR) is 95.2 cm³/mol. The van der Waals surface area contributed by atoms with Crippen molar-refractivity contribution in [2.75, 3.05) is 4.72 Å². The number of sulfonamides is 1. The third kappa shape index (κ3) is 4.44. The fraction of sp³-hybridized carbons (Fsp3) is 0.0625. The first-order chi connectivity index (χ1) is 12.7. The number of halogens is 2. The van der Waals surface area contributed by atoms with Crippen LogP contribution in [0, 0.1) is 21.7 Å². The average Bonchev–Trinajstić information content (AvgIpc) is 3.04. The molecule has 0 aliphatic rings. The molecule has 1 heterocycles. The molecule has 0 atom stereocenters. The van der Waals surface area contributed by atoms with Crippen molar-refractivity contribution < 1.29 is 22.1 Å². The number of nitro groups is 1. The summed E-state index contributed by atoms with van der Waals surface area (Å²) in [6.07, 6.45) is 1.69. The molecule has 0 bridgehead atoms. The van der Waals surface area contributed by atoms with Gasteiger partial charge < -0.3 is 0 Å². The van der Waals surface area contributed by atoms with E-state index in [2.05, 4.69) is 9.71 Å². The SMILES string of the molecule is O=[N+]([O-])c1ccc(S(=O)(=O)Nc2ncc(Cc3ccc(F)c(F)c3)s2)cc1. The Kier molecular flexibility index (Phi) is 5.15. The van der Waals surface area contributed by atoms with Crippen LogP contribution in [-0.4, -0.2) is 18.3 Å². The van der Waals surface area contributed by atoms with Crippen LogP contribution in [0.3, 0.4) is 0 Å². The number of non-ortho nitro benzene ring substituents is 1. The highest BCUT2D eigenvalue weighted by Crippen LogP contribution is 2.25. The largest absolute Gasteiger partial charge is 0.269 e. The molecule has 7 nitrogen and oxygen atoms in total. The first-order valence-corrected chi connectivity index (χ1v) is 9.70. The molecule has 3 aromatic rings. The zero-order chi connectivity index (χ0) is 19.6. The highest BCUT2D eigenvalue weighted by Gasteiger charge is 2.18. The standard InChI is InChI=1S/C16H11F2N3O4S2/c17-14-6-1-10(8-15(14)18)7-12-9-19-16(26-12)20-27(24,25)13-4-2-11(3-5-13)21(22)23/h1-6,8-9H,7H2,(H,19,20). The monoisotopic (exact) mass is 411 g/mol. The highest BCUT2D eigenvalue weighted by atomic mass is 32.2. The number of nitro benzene ring substituents is 1. The Morgan fingerprint density at radius 2 is 1.81 bits per heavy atom. The number of hydrogen-bond donors (Lipinski definition) is 1. The van der Waals surface area contributed by atoms with E-state index in [0.717, 1.165) is 47.7 Å². The van der Waals surface area contributed by atoms with Gasteiger partial charge in [-0.15, -0.1) is 11.3 Å². The summed E-state index contributed by atoms with van der Waals surface area (Å²) < 4.78 is 53.2. The Hall–Kier alpha value is -2.92. The van der Waals surface area contributed by atoms with Gasteiger partial charge in [0.25, 0.3) is 15.7 Å². The number of anilines is 1. The Morgan fingerprint density at radius 3 is 2.44 bits per heavy atom. The molecule has 1 N–H and O–H groups in total. The van der Waals surface area contributed by atoms with Crippen LogP contribution in [0.5, 0.6) is 0 Å². The van der Waals surface area contributed by atoms with E-state index in [1.807, 2.05) is 0 Å².